The first-order valence-electron chi connectivity index (χ1n) is 24.3. The number of carboxylic acid groups (broad SMARTS) is 1. The number of carbonyl (C=O) groups excluding carboxylic acids is 7. The van der Waals surface area contributed by atoms with E-state index in [1.54, 1.807) is 32.2 Å². The number of nitrogens with one attached hydrogen (secondary N) is 8. The van der Waals surface area contributed by atoms with Crippen LogP contribution in [0, 0.1) is 11.8 Å². The molecule has 22 heteroatoms. The van der Waals surface area contributed by atoms with Crippen molar-refractivity contribution in [1.29, 1.82) is 0 Å². The first-order valence-corrected chi connectivity index (χ1v) is 26.8. The number of para-hydroxylation sites is 1. The second kappa shape index (κ2) is 27.7. The van der Waals surface area contributed by atoms with Crippen molar-refractivity contribution in [2.24, 2.45) is 23.3 Å². The van der Waals surface area contributed by atoms with Crippen LogP contribution in [0.15, 0.2) is 54.7 Å². The molecule has 7 amide bonds. The topological polar surface area (TPSA) is 329 Å². The number of phenolic OH excluding ortho intramolecular Hbond substituents is 1. The maximum absolute atomic E-state index is 14.8. The van der Waals surface area contributed by atoms with Crippen LogP contribution in [0.4, 0.5) is 0 Å². The Morgan fingerprint density at radius 1 is 0.746 bits per heavy atom. The molecule has 1 saturated carbocycles. The Bertz CT molecular complexity index is 2310. The average Bonchev–Trinajstić information content (AvgIpc) is 3.75. The van der Waals surface area contributed by atoms with E-state index >= 15 is 0 Å². The van der Waals surface area contributed by atoms with Crippen molar-refractivity contribution in [2.75, 3.05) is 18.1 Å². The number of nitrogens with two attached hydrogens (primary N) is 2. The van der Waals surface area contributed by atoms with Gasteiger partial charge in [0.1, 0.15) is 48.0 Å². The van der Waals surface area contributed by atoms with Gasteiger partial charge in [0, 0.05) is 41.4 Å². The van der Waals surface area contributed by atoms with Crippen LogP contribution in [0.3, 0.4) is 0 Å². The van der Waals surface area contributed by atoms with Crippen LogP contribution in [-0.2, 0) is 51.2 Å². The second-order valence-electron chi connectivity index (χ2n) is 18.8. The van der Waals surface area contributed by atoms with Gasteiger partial charge in [-0.05, 0) is 80.3 Å². The highest BCUT2D eigenvalue weighted by molar-refractivity contribution is 8.76. The predicted molar refractivity (Wildman–Crippen MR) is 272 cm³/mol. The fourth-order valence-electron chi connectivity index (χ4n) is 8.59. The summed E-state index contributed by atoms with van der Waals surface area (Å²) < 4.78 is 0. The minimum absolute atomic E-state index is 0.0291. The van der Waals surface area contributed by atoms with Gasteiger partial charge in [0.05, 0.1) is 6.04 Å². The van der Waals surface area contributed by atoms with E-state index in [-0.39, 0.29) is 55.4 Å². The zero-order valence-electron chi connectivity index (χ0n) is 40.5. The lowest BCUT2D eigenvalue weighted by Gasteiger charge is -2.30. The molecule has 0 unspecified atom stereocenters. The lowest BCUT2D eigenvalue weighted by atomic mass is 9.84. The molecule has 3 aromatic rings. The zero-order valence-corrected chi connectivity index (χ0v) is 42.1. The normalized spacial score (nSPS) is 23.5. The number of aromatic hydroxyl groups is 1. The Morgan fingerprint density at radius 2 is 1.35 bits per heavy atom. The van der Waals surface area contributed by atoms with Crippen LogP contribution in [-0.4, -0.2) is 129 Å². The molecule has 0 spiro atoms. The van der Waals surface area contributed by atoms with Gasteiger partial charge in [-0.2, -0.15) is 0 Å². The number of fused-ring (bicyclic) bond motifs is 1. The van der Waals surface area contributed by atoms with Crippen LogP contribution >= 0.6 is 21.6 Å². The van der Waals surface area contributed by atoms with Crippen molar-refractivity contribution in [3.8, 4) is 5.75 Å². The van der Waals surface area contributed by atoms with E-state index in [2.05, 4.69) is 42.2 Å². The van der Waals surface area contributed by atoms with Crippen LogP contribution in [0.5, 0.6) is 5.75 Å². The number of unbranched alkanes of at least 4 members (excludes halogenated alkanes) is 1. The summed E-state index contributed by atoms with van der Waals surface area (Å²) in [5, 5.41) is 40.1. The van der Waals surface area contributed by atoms with Crippen molar-refractivity contribution in [1.82, 2.24) is 42.2 Å². The monoisotopic (exact) mass is 1020 g/mol. The highest BCUT2D eigenvalue weighted by atomic mass is 33.1. The third-order valence-electron chi connectivity index (χ3n) is 12.7. The maximum atomic E-state index is 14.8. The van der Waals surface area contributed by atoms with E-state index in [1.165, 1.54) is 19.1 Å². The number of rotatable bonds is 16. The molecule has 1 aliphatic carbocycles. The maximum Gasteiger partial charge on any atom is 0.326 e. The van der Waals surface area contributed by atoms with Gasteiger partial charge >= 0.3 is 5.97 Å². The fraction of sp³-hybridized carbons (Fsp3) is 0.551. The Morgan fingerprint density at radius 3 is 2.01 bits per heavy atom. The second-order valence-corrected chi connectivity index (χ2v) is 21.3. The Balaban J connectivity index is 1.59. The molecule has 2 aromatic carbocycles. The lowest BCUT2D eigenvalue weighted by Crippen LogP contribution is -2.61. The van der Waals surface area contributed by atoms with Crippen molar-refractivity contribution >= 4 is 79.8 Å². The minimum Gasteiger partial charge on any atom is -0.508 e. The molecule has 0 bridgehead atoms. The first-order chi connectivity index (χ1) is 33.9. The van der Waals surface area contributed by atoms with Crippen molar-refractivity contribution in [3.63, 3.8) is 0 Å². The molecule has 1 aliphatic heterocycles. The van der Waals surface area contributed by atoms with E-state index < -0.39 is 102 Å². The molecule has 0 radical (unpaired) electrons. The SMILES string of the molecule is CC(C)[C@H](NC(=O)[C@@H]1CSSC[C@H](NC(=O)[C@H](C)N)C(=O)N[C@@H](CC2CCCCC2)C(=O)N[C@@H](Cc2c[nH]c3ccccc23)C(=O)N[C@@H](CCCCN)C(=O)N[C@@H](Cc2ccc(O)cc2)C(=O)N1)C(=O)O. The zero-order chi connectivity index (χ0) is 51.6. The van der Waals surface area contributed by atoms with Crippen molar-refractivity contribution in [3.05, 3.63) is 65.9 Å². The van der Waals surface area contributed by atoms with E-state index in [1.807, 2.05) is 24.3 Å². The number of hydrogen-bond donors (Lipinski definition) is 12. The molecule has 5 rings (SSSR count). The molecular formula is C49H70N10O10S2. The lowest BCUT2D eigenvalue weighted by molar-refractivity contribution is -0.143. The van der Waals surface area contributed by atoms with Gasteiger partial charge in [0.2, 0.25) is 41.4 Å². The first kappa shape index (κ1) is 56.1. The number of aromatic amines is 1. The molecule has 8 atom stereocenters. The summed E-state index contributed by atoms with van der Waals surface area (Å²) in [6, 6.07) is 3.28. The highest BCUT2D eigenvalue weighted by Gasteiger charge is 2.36. The number of carboxylic acids is 1. The number of phenols is 1. The van der Waals surface area contributed by atoms with Crippen molar-refractivity contribution in [2.45, 2.75) is 140 Å². The van der Waals surface area contributed by atoms with Crippen molar-refractivity contribution < 1.29 is 48.6 Å². The van der Waals surface area contributed by atoms with Gasteiger partial charge in [-0.15, -0.1) is 0 Å². The van der Waals surface area contributed by atoms with Crippen LogP contribution in [0.1, 0.15) is 89.7 Å². The molecule has 2 heterocycles. The van der Waals surface area contributed by atoms with E-state index in [9.17, 15) is 48.6 Å². The van der Waals surface area contributed by atoms with Gasteiger partial charge in [-0.25, -0.2) is 4.79 Å². The molecule has 1 saturated heterocycles. The standard InChI is InChI=1S/C49H70N10O10S2/c1-27(2)41(49(68)69)59-48(67)40-26-71-70-25-39(57-42(61)28(3)51)47(66)55-36(21-29-11-5-4-6-12-29)44(63)56-38(23-31-24-52-34-14-8-7-13-33(31)34)46(65)53-35(15-9-10-20-50)43(62)54-37(45(64)58-40)22-30-16-18-32(60)19-17-30/h7-8,13-14,16-19,24,27-29,35-41,52,60H,4-6,9-12,15,20-23,25-26,50-51H2,1-3H3,(H,53,65)(H,54,62)(H,55,66)(H,56,63)(H,57,61)(H,58,64)(H,59,67)(H,68,69)/t28-,35-,36-,37-,38-,39-,40-,41-/m0/s1. The number of aromatic nitrogens is 1. The van der Waals surface area contributed by atoms with Gasteiger partial charge in [0.15, 0.2) is 0 Å². The number of benzene rings is 2. The Hall–Kier alpha value is -5.84. The van der Waals surface area contributed by atoms with E-state index in [4.69, 9.17) is 11.5 Å². The number of amides is 7. The summed E-state index contributed by atoms with van der Waals surface area (Å²) in [5.41, 5.74) is 13.8. The highest BCUT2D eigenvalue weighted by Crippen LogP contribution is 2.29. The summed E-state index contributed by atoms with van der Waals surface area (Å²) in [5.74, 6) is -7.24. The molecular weight excluding hydrogens is 953 g/mol. The van der Waals surface area contributed by atoms with Crippen LogP contribution < -0.4 is 48.7 Å². The van der Waals surface area contributed by atoms with Gasteiger partial charge < -0.3 is 63.9 Å². The molecule has 71 heavy (non-hydrogen) atoms. The predicted octanol–water partition coefficient (Wildman–Crippen LogP) is 1.63. The number of hydrogen-bond acceptors (Lipinski definition) is 13. The number of carbonyl (C=O) groups is 8. The molecule has 20 nitrogen and oxygen atoms in total. The number of H-pyrrole nitrogens is 1. The Kier molecular flexibility index (Phi) is 21.9. The smallest absolute Gasteiger partial charge is 0.326 e. The fourth-order valence-corrected chi connectivity index (χ4v) is 10.9. The quantitative estimate of drug-likeness (QED) is 0.0718. The van der Waals surface area contributed by atoms with E-state index in [0.29, 0.717) is 24.0 Å². The third-order valence-corrected chi connectivity index (χ3v) is 15.1. The van der Waals surface area contributed by atoms with Gasteiger partial charge in [0.25, 0.3) is 0 Å². The summed E-state index contributed by atoms with van der Waals surface area (Å²) in [7, 11) is 2.13. The molecule has 2 aliphatic rings. The average molecular weight is 1020 g/mol. The summed E-state index contributed by atoms with van der Waals surface area (Å²) in [6.45, 7) is 4.96. The third kappa shape index (κ3) is 17.2. The Labute approximate surface area is 421 Å². The summed E-state index contributed by atoms with van der Waals surface area (Å²) >= 11 is 0. The molecule has 388 valence electrons. The summed E-state index contributed by atoms with van der Waals surface area (Å²) in [4.78, 5) is 115. The summed E-state index contributed by atoms with van der Waals surface area (Å²) in [6.07, 6.45) is 7.32. The van der Waals surface area contributed by atoms with E-state index in [0.717, 1.165) is 64.6 Å². The van der Waals surface area contributed by atoms with Crippen LogP contribution in [0.25, 0.3) is 10.9 Å². The minimum atomic E-state index is -1.40. The van der Waals surface area contributed by atoms with Gasteiger partial charge in [-0.1, -0.05) is 97.9 Å². The van der Waals surface area contributed by atoms with Crippen LogP contribution in [0.2, 0.25) is 0 Å². The molecule has 2 fully saturated rings. The largest absolute Gasteiger partial charge is 0.508 e. The number of aliphatic carboxylic acids is 1. The molecule has 1 aromatic heterocycles. The van der Waals surface area contributed by atoms with Gasteiger partial charge in [-0.3, -0.25) is 33.6 Å². The molecule has 14 N–H and O–H groups in total.